The van der Waals surface area contributed by atoms with Gasteiger partial charge in [0.15, 0.2) is 0 Å². The first-order valence-electron chi connectivity index (χ1n) is 16.3. The number of carbonyl (C=O) groups is 1. The molecule has 0 fully saturated rings. The second kappa shape index (κ2) is 10.6. The maximum absolute atomic E-state index is 13.7. The minimum atomic E-state index is -0.275. The molecule has 1 heterocycles. The predicted octanol–water partition coefficient (Wildman–Crippen LogP) is 10.9. The number of esters is 1. The zero-order valence-corrected chi connectivity index (χ0v) is 25.7. The van der Waals surface area contributed by atoms with E-state index in [1.807, 2.05) is 6.92 Å². The molecule has 222 valence electrons. The molecule has 3 nitrogen and oxygen atoms in total. The number of H-pyrrole nitrogens is 1. The Bertz CT molecular complexity index is 2370. The van der Waals surface area contributed by atoms with E-state index in [0.29, 0.717) is 12.3 Å². The van der Waals surface area contributed by atoms with Crippen molar-refractivity contribution < 1.29 is 9.53 Å². The minimum absolute atomic E-state index is 0.0625. The van der Waals surface area contributed by atoms with Gasteiger partial charge in [-0.25, -0.2) is 4.79 Å². The van der Waals surface area contributed by atoms with E-state index < -0.39 is 0 Å². The Kier molecular flexibility index (Phi) is 6.21. The molecule has 0 radical (unpaired) electrons. The number of rotatable bonds is 5. The normalized spacial score (nSPS) is 17.2. The lowest BCUT2D eigenvalue weighted by molar-refractivity contribution is 0.0518. The highest BCUT2D eigenvalue weighted by atomic mass is 16.5. The van der Waals surface area contributed by atoms with Crippen LogP contribution in [0.5, 0.6) is 0 Å². The second-order valence-corrected chi connectivity index (χ2v) is 12.6. The average molecular weight is 596 g/mol. The molecule has 0 saturated heterocycles. The molecular weight excluding hydrogens is 562 g/mol. The molecule has 1 aromatic heterocycles. The first-order valence-corrected chi connectivity index (χ1v) is 16.3. The van der Waals surface area contributed by atoms with Crippen LogP contribution in [0.1, 0.15) is 64.3 Å². The van der Waals surface area contributed by atoms with E-state index in [0.717, 1.165) is 29.7 Å². The van der Waals surface area contributed by atoms with E-state index in [1.165, 1.54) is 60.2 Å². The maximum Gasteiger partial charge on any atom is 0.355 e. The van der Waals surface area contributed by atoms with Crippen LogP contribution in [0.25, 0.3) is 54.7 Å². The summed E-state index contributed by atoms with van der Waals surface area (Å²) in [5.41, 5.74) is 10.3. The van der Waals surface area contributed by atoms with Gasteiger partial charge < -0.3 is 9.72 Å². The number of aromatic nitrogens is 1. The monoisotopic (exact) mass is 595 g/mol. The topological polar surface area (TPSA) is 42.1 Å². The molecule has 0 spiro atoms. The SMILES string of the molecule is CCOC(=O)c1[nH]c(-c2ccc3ccccc3c2)c2c1C1CCC2C(c2ccc3ccccc3c2)=C1c1ccc2ccccc2c1. The summed E-state index contributed by atoms with van der Waals surface area (Å²) in [7, 11) is 0. The fourth-order valence-corrected chi connectivity index (χ4v) is 8.19. The van der Waals surface area contributed by atoms with E-state index in [1.54, 1.807) is 0 Å². The zero-order chi connectivity index (χ0) is 30.8. The van der Waals surface area contributed by atoms with Crippen molar-refractivity contribution in [2.75, 3.05) is 6.61 Å². The quantitative estimate of drug-likeness (QED) is 0.201. The van der Waals surface area contributed by atoms with Crippen molar-refractivity contribution in [3.05, 3.63) is 155 Å². The molecule has 0 saturated carbocycles. The molecule has 0 amide bonds. The molecule has 2 unspecified atom stereocenters. The molecule has 1 N–H and O–H groups in total. The van der Waals surface area contributed by atoms with Crippen molar-refractivity contribution in [2.24, 2.45) is 0 Å². The number of benzene rings is 6. The molecule has 46 heavy (non-hydrogen) atoms. The minimum Gasteiger partial charge on any atom is -0.461 e. The molecule has 2 atom stereocenters. The number of hydrogen-bond acceptors (Lipinski definition) is 2. The third kappa shape index (κ3) is 4.15. The van der Waals surface area contributed by atoms with Gasteiger partial charge in [0, 0.05) is 11.8 Å². The summed E-state index contributed by atoms with van der Waals surface area (Å²) in [5.74, 6) is -0.0838. The van der Waals surface area contributed by atoms with Gasteiger partial charge in [-0.1, -0.05) is 109 Å². The molecule has 7 aromatic rings. The highest BCUT2D eigenvalue weighted by Gasteiger charge is 2.45. The summed E-state index contributed by atoms with van der Waals surface area (Å²) in [6, 6.07) is 46.0. The Morgan fingerprint density at radius 2 is 1.02 bits per heavy atom. The van der Waals surface area contributed by atoms with Crippen molar-refractivity contribution in [2.45, 2.75) is 31.6 Å². The van der Waals surface area contributed by atoms with E-state index in [2.05, 4.69) is 132 Å². The van der Waals surface area contributed by atoms with Crippen LogP contribution in [0.3, 0.4) is 0 Å². The van der Waals surface area contributed by atoms with E-state index in [4.69, 9.17) is 4.74 Å². The van der Waals surface area contributed by atoms with Gasteiger partial charge in [-0.05, 0) is 109 Å². The summed E-state index contributed by atoms with van der Waals surface area (Å²) >= 11 is 0. The predicted molar refractivity (Wildman–Crippen MR) is 189 cm³/mol. The number of hydrogen-bond donors (Lipinski definition) is 1. The summed E-state index contributed by atoms with van der Waals surface area (Å²) in [6.45, 7) is 2.21. The summed E-state index contributed by atoms with van der Waals surface area (Å²) < 4.78 is 5.69. The Hall–Kier alpha value is -5.41. The van der Waals surface area contributed by atoms with Crippen LogP contribution in [-0.4, -0.2) is 17.6 Å². The number of nitrogens with one attached hydrogen (secondary N) is 1. The average Bonchev–Trinajstić information content (AvgIpc) is 3.54. The third-order valence-corrected chi connectivity index (χ3v) is 10.1. The lowest BCUT2D eigenvalue weighted by Crippen LogP contribution is -2.25. The summed E-state index contributed by atoms with van der Waals surface area (Å²) in [6.07, 6.45) is 2.01. The van der Waals surface area contributed by atoms with Gasteiger partial charge in [0.25, 0.3) is 0 Å². The fraction of sp³-hybridized carbons (Fsp3) is 0.140. The largest absolute Gasteiger partial charge is 0.461 e. The highest BCUT2D eigenvalue weighted by Crippen LogP contribution is 2.61. The Labute approximate surface area is 268 Å². The Morgan fingerprint density at radius 1 is 0.587 bits per heavy atom. The van der Waals surface area contributed by atoms with Crippen LogP contribution in [0.2, 0.25) is 0 Å². The van der Waals surface area contributed by atoms with Crippen LogP contribution in [-0.2, 0) is 4.74 Å². The lowest BCUT2D eigenvalue weighted by Gasteiger charge is -2.42. The van der Waals surface area contributed by atoms with Crippen LogP contribution < -0.4 is 0 Å². The smallest absolute Gasteiger partial charge is 0.355 e. The van der Waals surface area contributed by atoms with E-state index in [9.17, 15) is 4.79 Å². The molecule has 10 rings (SSSR count). The maximum atomic E-state index is 13.7. The van der Waals surface area contributed by atoms with Crippen LogP contribution >= 0.6 is 0 Å². The van der Waals surface area contributed by atoms with Crippen molar-refractivity contribution in [1.29, 1.82) is 0 Å². The Balaban J connectivity index is 1.33. The van der Waals surface area contributed by atoms with Crippen LogP contribution in [0, 0.1) is 0 Å². The highest BCUT2D eigenvalue weighted by molar-refractivity contribution is 6.06. The van der Waals surface area contributed by atoms with Gasteiger partial charge in [-0.2, -0.15) is 0 Å². The van der Waals surface area contributed by atoms with E-state index in [-0.39, 0.29) is 17.8 Å². The van der Waals surface area contributed by atoms with Gasteiger partial charge in [0.2, 0.25) is 0 Å². The van der Waals surface area contributed by atoms with E-state index >= 15 is 0 Å². The van der Waals surface area contributed by atoms with Gasteiger partial charge >= 0.3 is 5.97 Å². The van der Waals surface area contributed by atoms with Gasteiger partial charge in [0.1, 0.15) is 5.69 Å². The molecule has 6 aromatic carbocycles. The second-order valence-electron chi connectivity index (χ2n) is 12.6. The number of fused-ring (bicyclic) bond motifs is 4. The molecule has 2 bridgehead atoms. The van der Waals surface area contributed by atoms with Crippen molar-refractivity contribution >= 4 is 49.4 Å². The van der Waals surface area contributed by atoms with Crippen molar-refractivity contribution in [3.8, 4) is 11.3 Å². The van der Waals surface area contributed by atoms with Gasteiger partial charge in [-0.3, -0.25) is 0 Å². The summed E-state index contributed by atoms with van der Waals surface area (Å²) in [5, 5.41) is 7.32. The third-order valence-electron chi connectivity index (χ3n) is 10.1. The van der Waals surface area contributed by atoms with Crippen LogP contribution in [0.15, 0.2) is 127 Å². The molecule has 3 heteroatoms. The standard InChI is InChI=1S/C43H33NO2/c1-2-46-43(45)42-40-36-22-21-35(39(40)41(44-42)34-20-17-28-11-5-8-14-31(28)25-34)37(32-18-15-26-9-3-6-12-29(26)23-32)38(36)33-19-16-27-10-4-7-13-30(27)24-33/h3-20,23-25,35-36,44H,2,21-22H2,1H3. The molecule has 0 aliphatic heterocycles. The molecular formula is C43H33NO2. The number of aromatic amines is 1. The fourth-order valence-electron chi connectivity index (χ4n) is 8.19. The number of allylic oxidation sites excluding steroid dienone is 2. The van der Waals surface area contributed by atoms with Crippen LogP contribution in [0.4, 0.5) is 0 Å². The molecule has 3 aliphatic carbocycles. The molecule has 3 aliphatic rings. The lowest BCUT2D eigenvalue weighted by atomic mass is 9.60. The number of ether oxygens (including phenoxy) is 1. The number of carbonyl (C=O) groups excluding carboxylic acids is 1. The van der Waals surface area contributed by atoms with Crippen molar-refractivity contribution in [1.82, 2.24) is 4.98 Å². The van der Waals surface area contributed by atoms with Crippen molar-refractivity contribution in [3.63, 3.8) is 0 Å². The first-order chi connectivity index (χ1) is 22.7. The van der Waals surface area contributed by atoms with Gasteiger partial charge in [0.05, 0.1) is 12.3 Å². The van der Waals surface area contributed by atoms with Gasteiger partial charge in [-0.15, -0.1) is 0 Å². The first kappa shape index (κ1) is 26.9. The Morgan fingerprint density at radius 3 is 1.52 bits per heavy atom. The summed E-state index contributed by atoms with van der Waals surface area (Å²) in [4.78, 5) is 17.4. The zero-order valence-electron chi connectivity index (χ0n) is 25.7.